The van der Waals surface area contributed by atoms with Crippen LogP contribution in [0.4, 0.5) is 10.5 Å². The van der Waals surface area contributed by atoms with Gasteiger partial charge in [-0.25, -0.2) is 9.59 Å². The molecule has 7 heteroatoms. The van der Waals surface area contributed by atoms with Gasteiger partial charge in [0, 0.05) is 5.69 Å². The number of nitrogens with one attached hydrogen (secondary N) is 1. The van der Waals surface area contributed by atoms with Gasteiger partial charge in [-0.05, 0) is 17.7 Å². The number of halogens is 2. The van der Waals surface area contributed by atoms with Crippen LogP contribution in [0, 0.1) is 0 Å². The van der Waals surface area contributed by atoms with Gasteiger partial charge >= 0.3 is 12.1 Å². The van der Waals surface area contributed by atoms with Crippen molar-refractivity contribution < 1.29 is 19.4 Å². The van der Waals surface area contributed by atoms with E-state index in [4.69, 9.17) is 33.0 Å². The van der Waals surface area contributed by atoms with Gasteiger partial charge in [0.15, 0.2) is 0 Å². The molecule has 0 aromatic heterocycles. The van der Waals surface area contributed by atoms with Gasteiger partial charge in [-0.2, -0.15) is 0 Å². The van der Waals surface area contributed by atoms with Gasteiger partial charge < -0.3 is 9.84 Å². The zero-order chi connectivity index (χ0) is 16.1. The summed E-state index contributed by atoms with van der Waals surface area (Å²) in [7, 11) is 0. The van der Waals surface area contributed by atoms with E-state index in [0.29, 0.717) is 0 Å². The highest BCUT2D eigenvalue weighted by molar-refractivity contribution is 6.39. The van der Waals surface area contributed by atoms with Gasteiger partial charge in [-0.3, -0.25) is 5.32 Å². The van der Waals surface area contributed by atoms with Gasteiger partial charge in [0.1, 0.15) is 6.61 Å². The minimum atomic E-state index is -1.24. The highest BCUT2D eigenvalue weighted by Crippen LogP contribution is 2.29. The molecule has 0 spiro atoms. The standard InChI is InChI=1S/C15H11Cl2NO4/c16-11-6-10(7-12(17)13(11)14(19)20)18-15(21)22-8-9-4-2-1-3-5-9/h1-7H,8H2,(H,18,21)(H,19,20). The molecule has 2 aromatic carbocycles. The van der Waals surface area contributed by atoms with Crippen molar-refractivity contribution in [3.05, 3.63) is 63.6 Å². The van der Waals surface area contributed by atoms with Gasteiger partial charge in [0.25, 0.3) is 0 Å². The van der Waals surface area contributed by atoms with Crippen LogP contribution in [0.1, 0.15) is 15.9 Å². The number of carbonyl (C=O) groups excluding carboxylic acids is 1. The van der Waals surface area contributed by atoms with Crippen LogP contribution in [0.3, 0.4) is 0 Å². The first-order chi connectivity index (χ1) is 10.5. The largest absolute Gasteiger partial charge is 0.478 e. The van der Waals surface area contributed by atoms with E-state index in [-0.39, 0.29) is 27.9 Å². The third-order valence-corrected chi connectivity index (χ3v) is 3.31. The molecule has 114 valence electrons. The highest BCUT2D eigenvalue weighted by atomic mass is 35.5. The minimum absolute atomic E-state index is 0.0710. The maximum atomic E-state index is 11.7. The van der Waals surface area contributed by atoms with Gasteiger partial charge in [-0.1, -0.05) is 53.5 Å². The average molecular weight is 340 g/mol. The second-order valence-corrected chi connectivity index (χ2v) is 5.12. The first-order valence-corrected chi connectivity index (χ1v) is 6.93. The number of rotatable bonds is 4. The van der Waals surface area contributed by atoms with Crippen molar-refractivity contribution >= 4 is 41.0 Å². The minimum Gasteiger partial charge on any atom is -0.478 e. The van der Waals surface area contributed by atoms with Crippen LogP contribution >= 0.6 is 23.2 Å². The molecular formula is C15H11Cl2NO4. The SMILES string of the molecule is O=C(Nc1cc(Cl)c(C(=O)O)c(Cl)c1)OCc1ccccc1. The fourth-order valence-corrected chi connectivity index (χ4v) is 2.38. The van der Waals surface area contributed by atoms with E-state index in [0.717, 1.165) is 5.56 Å². The zero-order valence-electron chi connectivity index (χ0n) is 11.2. The highest BCUT2D eigenvalue weighted by Gasteiger charge is 2.16. The molecule has 1 amide bonds. The summed E-state index contributed by atoms with van der Waals surface area (Å²) in [5, 5.41) is 11.2. The second kappa shape index (κ2) is 7.15. The van der Waals surface area contributed by atoms with Crippen LogP contribution in [0.25, 0.3) is 0 Å². The van der Waals surface area contributed by atoms with E-state index in [1.165, 1.54) is 12.1 Å². The first kappa shape index (κ1) is 16.1. The van der Waals surface area contributed by atoms with Crippen molar-refractivity contribution in [1.82, 2.24) is 0 Å². The van der Waals surface area contributed by atoms with Crippen molar-refractivity contribution in [2.45, 2.75) is 6.61 Å². The summed E-state index contributed by atoms with van der Waals surface area (Å²) in [6, 6.07) is 11.8. The third-order valence-electron chi connectivity index (χ3n) is 2.72. The number of benzene rings is 2. The van der Waals surface area contributed by atoms with Crippen LogP contribution in [0.5, 0.6) is 0 Å². The fourth-order valence-electron chi connectivity index (χ4n) is 1.73. The maximum Gasteiger partial charge on any atom is 0.411 e. The van der Waals surface area contributed by atoms with Crippen molar-refractivity contribution in [3.8, 4) is 0 Å². The molecule has 0 atom stereocenters. The van der Waals surface area contributed by atoms with Gasteiger partial charge in [0.05, 0.1) is 15.6 Å². The Bertz CT molecular complexity index is 681. The molecule has 2 rings (SSSR count). The van der Waals surface area contributed by atoms with Crippen molar-refractivity contribution in [2.24, 2.45) is 0 Å². The Kier molecular flexibility index (Phi) is 5.25. The molecule has 0 fully saturated rings. The van der Waals surface area contributed by atoms with Crippen LogP contribution < -0.4 is 5.32 Å². The third kappa shape index (κ3) is 4.13. The summed E-state index contributed by atoms with van der Waals surface area (Å²) in [5.74, 6) is -1.24. The van der Waals surface area contributed by atoms with Crippen LogP contribution in [-0.4, -0.2) is 17.2 Å². The Hall–Kier alpha value is -2.24. The van der Waals surface area contributed by atoms with E-state index in [1.54, 1.807) is 0 Å². The predicted octanol–water partition coefficient (Wildman–Crippen LogP) is 4.44. The smallest absolute Gasteiger partial charge is 0.411 e. The number of hydrogen-bond acceptors (Lipinski definition) is 3. The van der Waals surface area contributed by atoms with Crippen molar-refractivity contribution in [1.29, 1.82) is 0 Å². The van der Waals surface area contributed by atoms with Crippen molar-refractivity contribution in [2.75, 3.05) is 5.32 Å². The molecule has 5 nitrogen and oxygen atoms in total. The molecule has 0 radical (unpaired) electrons. The first-order valence-electron chi connectivity index (χ1n) is 6.17. The summed E-state index contributed by atoms with van der Waals surface area (Å²) in [6.45, 7) is 0.112. The van der Waals surface area contributed by atoms with Crippen molar-refractivity contribution in [3.63, 3.8) is 0 Å². The molecule has 0 saturated carbocycles. The van der Waals surface area contributed by atoms with Crippen LogP contribution in [-0.2, 0) is 11.3 Å². The Morgan fingerprint density at radius 2 is 1.68 bits per heavy atom. The number of carboxylic acids is 1. The molecular weight excluding hydrogens is 329 g/mol. The Balaban J connectivity index is 2.01. The molecule has 2 N–H and O–H groups in total. The molecule has 0 unspecified atom stereocenters. The van der Waals surface area contributed by atoms with Gasteiger partial charge in [0.2, 0.25) is 0 Å². The summed E-state index contributed by atoms with van der Waals surface area (Å²) < 4.78 is 5.04. The molecule has 0 saturated heterocycles. The van der Waals surface area contributed by atoms with E-state index in [1.807, 2.05) is 30.3 Å². The monoisotopic (exact) mass is 339 g/mol. The Morgan fingerprint density at radius 3 is 2.23 bits per heavy atom. The van der Waals surface area contributed by atoms with E-state index >= 15 is 0 Å². The Morgan fingerprint density at radius 1 is 1.09 bits per heavy atom. The maximum absolute atomic E-state index is 11.7. The zero-order valence-corrected chi connectivity index (χ0v) is 12.7. The van der Waals surface area contributed by atoms with Gasteiger partial charge in [-0.15, -0.1) is 0 Å². The Labute approximate surface area is 136 Å². The lowest BCUT2D eigenvalue weighted by atomic mass is 10.2. The number of anilines is 1. The molecule has 2 aromatic rings. The topological polar surface area (TPSA) is 75.6 Å². The number of amides is 1. The lowest BCUT2D eigenvalue weighted by Gasteiger charge is -2.09. The summed E-state index contributed by atoms with van der Waals surface area (Å²) in [5.41, 5.74) is 0.875. The molecule has 0 heterocycles. The summed E-state index contributed by atoms with van der Waals surface area (Å²) in [4.78, 5) is 22.6. The molecule has 0 aliphatic heterocycles. The van der Waals surface area contributed by atoms with E-state index in [9.17, 15) is 9.59 Å². The number of aromatic carboxylic acids is 1. The lowest BCUT2D eigenvalue weighted by Crippen LogP contribution is -2.14. The quantitative estimate of drug-likeness (QED) is 0.863. The second-order valence-electron chi connectivity index (χ2n) is 4.31. The lowest BCUT2D eigenvalue weighted by molar-refractivity contribution is 0.0697. The molecule has 0 aliphatic carbocycles. The fraction of sp³-hybridized carbons (Fsp3) is 0.0667. The molecule has 0 aliphatic rings. The number of hydrogen-bond donors (Lipinski definition) is 2. The van der Waals surface area contributed by atoms with Crippen LogP contribution in [0.15, 0.2) is 42.5 Å². The molecule has 0 bridgehead atoms. The van der Waals surface area contributed by atoms with Crippen LogP contribution in [0.2, 0.25) is 10.0 Å². The number of carboxylic acid groups (broad SMARTS) is 1. The average Bonchev–Trinajstić information content (AvgIpc) is 2.45. The van der Waals surface area contributed by atoms with E-state index < -0.39 is 12.1 Å². The number of ether oxygens (including phenoxy) is 1. The summed E-state index contributed by atoms with van der Waals surface area (Å²) in [6.07, 6.45) is -0.695. The summed E-state index contributed by atoms with van der Waals surface area (Å²) >= 11 is 11.7. The number of carbonyl (C=O) groups is 2. The normalized spacial score (nSPS) is 10.1. The predicted molar refractivity (Wildman–Crippen MR) is 83.7 cm³/mol. The van der Waals surface area contributed by atoms with E-state index in [2.05, 4.69) is 5.32 Å². The molecule has 22 heavy (non-hydrogen) atoms.